The highest BCUT2D eigenvalue weighted by molar-refractivity contribution is 7.71. The molecule has 1 aliphatic heterocycles. The summed E-state index contributed by atoms with van der Waals surface area (Å²) in [5, 5.41) is 10.6. The number of anilines is 1. The van der Waals surface area contributed by atoms with Gasteiger partial charge in [0.25, 0.3) is 0 Å². The Morgan fingerprint density at radius 3 is 2.35 bits per heavy atom. The molecule has 0 unspecified atom stereocenters. The molecular weight excluding hydrogens is 342 g/mol. The molecule has 0 radical (unpaired) electrons. The van der Waals surface area contributed by atoms with Gasteiger partial charge < -0.3 is 14.6 Å². The molecule has 0 saturated heterocycles. The van der Waals surface area contributed by atoms with E-state index in [1.807, 2.05) is 24.5 Å². The Morgan fingerprint density at radius 2 is 1.73 bits per heavy atom. The summed E-state index contributed by atoms with van der Waals surface area (Å²) in [6.45, 7) is 12.8. The van der Waals surface area contributed by atoms with Gasteiger partial charge in [0.05, 0.1) is 5.70 Å². The van der Waals surface area contributed by atoms with E-state index in [2.05, 4.69) is 55.7 Å². The monoisotopic (exact) mass is 369 g/mol. The van der Waals surface area contributed by atoms with Gasteiger partial charge in [-0.1, -0.05) is 23.9 Å². The van der Waals surface area contributed by atoms with Crippen LogP contribution in [-0.2, 0) is 18.5 Å². The third kappa shape index (κ3) is 2.63. The molecule has 1 aromatic heterocycles. The van der Waals surface area contributed by atoms with Crippen LogP contribution in [0.1, 0.15) is 45.9 Å². The van der Waals surface area contributed by atoms with Gasteiger partial charge in [-0.2, -0.15) is 0 Å². The molecule has 2 aromatic rings. The van der Waals surface area contributed by atoms with Gasteiger partial charge in [-0.25, -0.2) is 0 Å². The summed E-state index contributed by atoms with van der Waals surface area (Å²) in [4.78, 5) is 2.30. The van der Waals surface area contributed by atoms with Crippen LogP contribution in [0.4, 0.5) is 5.69 Å². The largest absolute Gasteiger partial charge is 0.493 e. The lowest BCUT2D eigenvalue weighted by Crippen LogP contribution is -2.25. The second-order valence-corrected chi connectivity index (χ2v) is 7.37. The van der Waals surface area contributed by atoms with Gasteiger partial charge in [-0.05, 0) is 58.5 Å². The van der Waals surface area contributed by atoms with E-state index < -0.39 is 0 Å². The molecule has 138 valence electrons. The second kappa shape index (κ2) is 6.82. The summed E-state index contributed by atoms with van der Waals surface area (Å²) >= 11 is 5.50. The van der Waals surface area contributed by atoms with Crippen molar-refractivity contribution in [1.82, 2.24) is 9.13 Å². The van der Waals surface area contributed by atoms with E-state index in [0.717, 1.165) is 17.9 Å². The van der Waals surface area contributed by atoms with Crippen molar-refractivity contribution in [2.45, 2.75) is 53.1 Å². The maximum atomic E-state index is 10.6. The molecule has 0 amide bonds. The number of rotatable bonds is 4. The first-order valence-electron chi connectivity index (χ1n) is 9.24. The van der Waals surface area contributed by atoms with Gasteiger partial charge in [0, 0.05) is 36.8 Å². The van der Waals surface area contributed by atoms with Gasteiger partial charge in [-0.15, -0.1) is 0 Å². The maximum absolute atomic E-state index is 10.6. The van der Waals surface area contributed by atoms with Crippen LogP contribution in [0.3, 0.4) is 0 Å². The minimum atomic E-state index is -0.139. The van der Waals surface area contributed by atoms with Crippen molar-refractivity contribution in [2.75, 3.05) is 11.4 Å². The number of imidazole rings is 1. The number of nitrogens with zero attached hydrogens (tertiary/aromatic N) is 3. The van der Waals surface area contributed by atoms with Crippen LogP contribution in [0.5, 0.6) is 5.88 Å². The molecule has 0 aliphatic carbocycles. The number of benzene rings is 1. The number of likely N-dealkylation sites (N-methyl/N-ethyl adjacent to an activating group) is 1. The van der Waals surface area contributed by atoms with Crippen molar-refractivity contribution in [3.63, 3.8) is 0 Å². The number of hydrogen-bond donors (Lipinski definition) is 1. The number of fused-ring (bicyclic) bond motifs is 1. The van der Waals surface area contributed by atoms with Crippen LogP contribution in [0.2, 0.25) is 0 Å². The zero-order valence-electron chi connectivity index (χ0n) is 16.2. The minimum absolute atomic E-state index is 0.139. The molecule has 26 heavy (non-hydrogen) atoms. The van der Waals surface area contributed by atoms with Crippen molar-refractivity contribution in [3.05, 3.63) is 51.7 Å². The summed E-state index contributed by atoms with van der Waals surface area (Å²) in [6.07, 6.45) is 1.88. The fourth-order valence-electron chi connectivity index (χ4n) is 3.88. The van der Waals surface area contributed by atoms with Crippen LogP contribution < -0.4 is 4.90 Å². The molecule has 0 atom stereocenters. The Kier molecular flexibility index (Phi) is 4.87. The second-order valence-electron chi connectivity index (χ2n) is 7.00. The molecule has 2 heterocycles. The molecule has 0 fully saturated rings. The van der Waals surface area contributed by atoms with E-state index in [0.29, 0.717) is 17.9 Å². The molecule has 5 heteroatoms. The number of allylic oxidation sites excluding steroid dienone is 1. The van der Waals surface area contributed by atoms with Gasteiger partial charge in [-0.3, -0.25) is 4.57 Å². The maximum Gasteiger partial charge on any atom is 0.218 e. The van der Waals surface area contributed by atoms with E-state index in [9.17, 15) is 5.11 Å². The molecular formula is C21H27N3OS. The zero-order valence-corrected chi connectivity index (χ0v) is 17.0. The Bertz CT molecular complexity index is 958. The first-order valence-corrected chi connectivity index (χ1v) is 9.65. The standard InChI is InChI=1S/C21H27N3OS/c1-6-22-16-12-10-9-11-15(16)21(4,5)18(22)14-13-17-19(25)24(8-3)20(26)23(17)7-2/h9-13,25H,6-8H2,1-5H3. The van der Waals surface area contributed by atoms with Crippen LogP contribution in [0.25, 0.3) is 6.08 Å². The average Bonchev–Trinajstić information content (AvgIpc) is 2.99. The molecule has 0 spiro atoms. The fraction of sp³-hybridized carbons (Fsp3) is 0.429. The molecule has 1 aliphatic rings. The Hall–Kier alpha value is -2.23. The third-order valence-electron chi connectivity index (χ3n) is 5.26. The topological polar surface area (TPSA) is 33.3 Å². The van der Waals surface area contributed by atoms with Crippen LogP contribution >= 0.6 is 12.2 Å². The highest BCUT2D eigenvalue weighted by Crippen LogP contribution is 2.47. The van der Waals surface area contributed by atoms with Crippen molar-refractivity contribution < 1.29 is 5.11 Å². The summed E-state index contributed by atoms with van der Waals surface area (Å²) < 4.78 is 4.35. The van der Waals surface area contributed by atoms with Gasteiger partial charge in [0.1, 0.15) is 5.69 Å². The van der Waals surface area contributed by atoms with Gasteiger partial charge in [0.15, 0.2) is 4.77 Å². The van der Waals surface area contributed by atoms with Crippen molar-refractivity contribution in [1.29, 1.82) is 0 Å². The summed E-state index contributed by atoms with van der Waals surface area (Å²) in [5.41, 5.74) is 7.72. The first kappa shape index (κ1) is 18.6. The number of hydrogen-bond acceptors (Lipinski definition) is 3. The predicted octanol–water partition coefficient (Wildman–Crippen LogP) is 5.08. The van der Waals surface area contributed by atoms with Crippen LogP contribution in [-0.4, -0.2) is 20.8 Å². The SMILES string of the molecule is CCN1C(=C=Cc2c(O)n(CC)c(=S)n2CC)C(C)(C)c2ccccc21. The summed E-state index contributed by atoms with van der Waals surface area (Å²) in [5.74, 6) is 0.212. The molecule has 4 nitrogen and oxygen atoms in total. The summed E-state index contributed by atoms with van der Waals surface area (Å²) in [6, 6.07) is 8.51. The number of para-hydroxylation sites is 1. The normalized spacial score (nSPS) is 15.1. The number of aromatic nitrogens is 2. The molecule has 1 aromatic carbocycles. The Balaban J connectivity index is 2.21. The molecule has 1 N–H and O–H groups in total. The van der Waals surface area contributed by atoms with Crippen LogP contribution in [0.15, 0.2) is 35.7 Å². The lowest BCUT2D eigenvalue weighted by Gasteiger charge is -2.23. The zero-order chi connectivity index (χ0) is 19.1. The van der Waals surface area contributed by atoms with E-state index in [1.165, 1.54) is 11.3 Å². The number of aromatic hydroxyl groups is 1. The predicted molar refractivity (Wildman–Crippen MR) is 110 cm³/mol. The third-order valence-corrected chi connectivity index (χ3v) is 5.70. The summed E-state index contributed by atoms with van der Waals surface area (Å²) in [7, 11) is 0. The smallest absolute Gasteiger partial charge is 0.218 e. The first-order chi connectivity index (χ1) is 12.4. The highest BCUT2D eigenvalue weighted by atomic mass is 32.1. The van der Waals surface area contributed by atoms with Crippen molar-refractivity contribution >= 4 is 24.0 Å². The van der Waals surface area contributed by atoms with Gasteiger partial charge in [0.2, 0.25) is 5.88 Å². The fourth-order valence-corrected chi connectivity index (χ4v) is 4.32. The van der Waals surface area contributed by atoms with E-state index >= 15 is 0 Å². The molecule has 3 rings (SSSR count). The van der Waals surface area contributed by atoms with E-state index in [-0.39, 0.29) is 11.3 Å². The van der Waals surface area contributed by atoms with Crippen LogP contribution in [0, 0.1) is 4.77 Å². The highest BCUT2D eigenvalue weighted by Gasteiger charge is 2.39. The lowest BCUT2D eigenvalue weighted by molar-refractivity contribution is 0.419. The average molecular weight is 370 g/mol. The minimum Gasteiger partial charge on any atom is -0.493 e. The van der Waals surface area contributed by atoms with Crippen molar-refractivity contribution in [3.8, 4) is 5.88 Å². The quantitative estimate of drug-likeness (QED) is 0.603. The Morgan fingerprint density at radius 1 is 1.08 bits per heavy atom. The molecule has 0 bridgehead atoms. The van der Waals surface area contributed by atoms with E-state index in [4.69, 9.17) is 12.2 Å². The van der Waals surface area contributed by atoms with Crippen molar-refractivity contribution in [2.24, 2.45) is 0 Å². The molecule has 0 saturated carbocycles. The van der Waals surface area contributed by atoms with Gasteiger partial charge >= 0.3 is 0 Å². The van der Waals surface area contributed by atoms with E-state index in [1.54, 1.807) is 4.57 Å². The lowest BCUT2D eigenvalue weighted by atomic mass is 9.84. The Labute approximate surface area is 160 Å².